The number of amides is 1. The standard InChI is InChI=1S/C15H12ClF3N4O/c1-21-13-10(6-20)12(16)11(7-22-13)14(24)23-9-4-2-8(3-5-9)15(17,18)19/h2-7,20H,1H3,(H,21,22)(H,23,24). The van der Waals surface area contributed by atoms with Gasteiger partial charge in [0.2, 0.25) is 0 Å². The highest BCUT2D eigenvalue weighted by atomic mass is 35.5. The van der Waals surface area contributed by atoms with Gasteiger partial charge in [-0.25, -0.2) is 4.98 Å². The number of hydrogen-bond donors (Lipinski definition) is 3. The van der Waals surface area contributed by atoms with E-state index in [-0.39, 0.29) is 21.8 Å². The van der Waals surface area contributed by atoms with Gasteiger partial charge in [0.15, 0.2) is 0 Å². The summed E-state index contributed by atoms with van der Waals surface area (Å²) in [6, 6.07) is 4.01. The first-order valence-electron chi connectivity index (χ1n) is 6.63. The number of nitrogens with one attached hydrogen (secondary N) is 3. The van der Waals surface area contributed by atoms with E-state index in [0.29, 0.717) is 5.82 Å². The Hall–Kier alpha value is -2.61. The highest BCUT2D eigenvalue weighted by molar-refractivity contribution is 6.37. The summed E-state index contributed by atoms with van der Waals surface area (Å²) in [5.74, 6) is -0.306. The Labute approximate surface area is 140 Å². The van der Waals surface area contributed by atoms with Crippen LogP contribution in [-0.4, -0.2) is 24.2 Å². The lowest BCUT2D eigenvalue weighted by Gasteiger charge is -2.11. The van der Waals surface area contributed by atoms with E-state index >= 15 is 0 Å². The lowest BCUT2D eigenvalue weighted by atomic mass is 10.1. The van der Waals surface area contributed by atoms with Crippen LogP contribution < -0.4 is 10.6 Å². The van der Waals surface area contributed by atoms with Gasteiger partial charge in [0.1, 0.15) is 5.82 Å². The molecule has 0 aliphatic heterocycles. The van der Waals surface area contributed by atoms with Crippen molar-refractivity contribution in [2.45, 2.75) is 6.18 Å². The first kappa shape index (κ1) is 17.7. The van der Waals surface area contributed by atoms with Crippen molar-refractivity contribution in [3.8, 4) is 0 Å². The van der Waals surface area contributed by atoms with Crippen LogP contribution in [0.1, 0.15) is 21.5 Å². The third-order valence-corrected chi connectivity index (χ3v) is 3.55. The van der Waals surface area contributed by atoms with Crippen molar-refractivity contribution >= 4 is 35.2 Å². The summed E-state index contributed by atoms with van der Waals surface area (Å²) in [4.78, 5) is 16.2. The maximum Gasteiger partial charge on any atom is 0.416 e. The number of aromatic nitrogens is 1. The molecule has 0 saturated heterocycles. The smallest absolute Gasteiger partial charge is 0.373 e. The molecule has 1 heterocycles. The number of nitrogens with zero attached hydrogens (tertiary/aromatic N) is 1. The molecule has 2 rings (SSSR count). The fourth-order valence-electron chi connectivity index (χ4n) is 1.93. The van der Waals surface area contributed by atoms with Gasteiger partial charge in [-0.05, 0) is 24.3 Å². The molecule has 2 aromatic rings. The zero-order valence-electron chi connectivity index (χ0n) is 12.3. The minimum atomic E-state index is -4.45. The van der Waals surface area contributed by atoms with E-state index in [1.807, 2.05) is 0 Å². The normalized spacial score (nSPS) is 11.0. The highest BCUT2D eigenvalue weighted by Crippen LogP contribution is 2.30. The molecule has 1 aromatic heterocycles. The van der Waals surface area contributed by atoms with Crippen LogP contribution in [0.25, 0.3) is 0 Å². The molecule has 0 aliphatic carbocycles. The van der Waals surface area contributed by atoms with Gasteiger partial charge in [0.05, 0.1) is 21.7 Å². The molecule has 3 N–H and O–H groups in total. The van der Waals surface area contributed by atoms with Gasteiger partial charge >= 0.3 is 6.18 Å². The zero-order valence-corrected chi connectivity index (χ0v) is 13.1. The second-order valence-electron chi connectivity index (χ2n) is 4.67. The molecule has 0 fully saturated rings. The van der Waals surface area contributed by atoms with Gasteiger partial charge in [0, 0.05) is 25.1 Å². The van der Waals surface area contributed by atoms with E-state index in [9.17, 15) is 18.0 Å². The number of anilines is 2. The minimum Gasteiger partial charge on any atom is -0.373 e. The van der Waals surface area contributed by atoms with E-state index in [1.165, 1.54) is 6.20 Å². The quantitative estimate of drug-likeness (QED) is 0.723. The van der Waals surface area contributed by atoms with E-state index in [1.54, 1.807) is 7.05 Å². The predicted molar refractivity (Wildman–Crippen MR) is 86.1 cm³/mol. The molecule has 0 atom stereocenters. The predicted octanol–water partition coefficient (Wildman–Crippen LogP) is 4.05. The number of alkyl halides is 3. The molecule has 5 nitrogen and oxygen atoms in total. The van der Waals surface area contributed by atoms with Crippen molar-refractivity contribution in [1.82, 2.24) is 4.98 Å². The van der Waals surface area contributed by atoms with Crippen LogP contribution in [0.5, 0.6) is 0 Å². The van der Waals surface area contributed by atoms with Crippen LogP contribution in [-0.2, 0) is 6.18 Å². The number of hydrogen-bond acceptors (Lipinski definition) is 4. The first-order chi connectivity index (χ1) is 11.3. The Kier molecular flexibility index (Phi) is 5.08. The number of pyridine rings is 1. The van der Waals surface area contributed by atoms with Crippen LogP contribution in [0.2, 0.25) is 5.02 Å². The maximum atomic E-state index is 12.5. The van der Waals surface area contributed by atoms with E-state index < -0.39 is 17.6 Å². The molecule has 0 saturated carbocycles. The summed E-state index contributed by atoms with van der Waals surface area (Å²) in [5.41, 5.74) is -0.392. The average Bonchev–Trinajstić information content (AvgIpc) is 2.53. The zero-order chi connectivity index (χ0) is 17.9. The Morgan fingerprint density at radius 3 is 2.42 bits per heavy atom. The Bertz CT molecular complexity index is 776. The Balaban J connectivity index is 2.26. The first-order valence-corrected chi connectivity index (χ1v) is 7.01. The largest absolute Gasteiger partial charge is 0.416 e. The average molecular weight is 357 g/mol. The molecule has 0 unspecified atom stereocenters. The molecular formula is C15H12ClF3N4O. The SMILES string of the molecule is CNc1ncc(C(=O)Nc2ccc(C(F)(F)F)cc2)c(Cl)c1C=N. The summed E-state index contributed by atoms with van der Waals surface area (Å²) in [7, 11) is 1.59. The van der Waals surface area contributed by atoms with E-state index in [2.05, 4.69) is 15.6 Å². The minimum absolute atomic E-state index is 0.00839. The van der Waals surface area contributed by atoms with Crippen LogP contribution in [0.3, 0.4) is 0 Å². The summed E-state index contributed by atoms with van der Waals surface area (Å²) in [6.07, 6.45) is -2.27. The summed E-state index contributed by atoms with van der Waals surface area (Å²) >= 11 is 6.10. The van der Waals surface area contributed by atoms with Crippen molar-refractivity contribution in [2.24, 2.45) is 0 Å². The fraction of sp³-hybridized carbons (Fsp3) is 0.133. The van der Waals surface area contributed by atoms with Crippen LogP contribution in [0.15, 0.2) is 30.5 Å². The summed E-state index contributed by atoms with van der Waals surface area (Å²) in [6.45, 7) is 0. The van der Waals surface area contributed by atoms with Gasteiger partial charge in [-0.15, -0.1) is 0 Å². The lowest BCUT2D eigenvalue weighted by molar-refractivity contribution is -0.137. The third-order valence-electron chi connectivity index (χ3n) is 3.15. The van der Waals surface area contributed by atoms with Crippen LogP contribution in [0.4, 0.5) is 24.7 Å². The number of carbonyl (C=O) groups excluding carboxylic acids is 1. The van der Waals surface area contributed by atoms with E-state index in [0.717, 1.165) is 30.5 Å². The second-order valence-corrected chi connectivity index (χ2v) is 5.05. The fourth-order valence-corrected chi connectivity index (χ4v) is 2.21. The van der Waals surface area contributed by atoms with Crippen molar-refractivity contribution in [3.63, 3.8) is 0 Å². The number of rotatable bonds is 4. The van der Waals surface area contributed by atoms with Gasteiger partial charge < -0.3 is 16.0 Å². The van der Waals surface area contributed by atoms with Crippen molar-refractivity contribution < 1.29 is 18.0 Å². The van der Waals surface area contributed by atoms with Crippen molar-refractivity contribution in [2.75, 3.05) is 17.7 Å². The molecule has 0 bridgehead atoms. The monoisotopic (exact) mass is 356 g/mol. The van der Waals surface area contributed by atoms with Crippen molar-refractivity contribution in [1.29, 1.82) is 5.41 Å². The Morgan fingerprint density at radius 1 is 1.29 bits per heavy atom. The maximum absolute atomic E-state index is 12.5. The van der Waals surface area contributed by atoms with Gasteiger partial charge in [0.25, 0.3) is 5.91 Å². The van der Waals surface area contributed by atoms with Crippen LogP contribution >= 0.6 is 11.6 Å². The molecule has 0 spiro atoms. The number of halogens is 4. The van der Waals surface area contributed by atoms with E-state index in [4.69, 9.17) is 17.0 Å². The Morgan fingerprint density at radius 2 is 1.92 bits per heavy atom. The molecule has 126 valence electrons. The van der Waals surface area contributed by atoms with Gasteiger partial charge in [-0.1, -0.05) is 11.6 Å². The summed E-state index contributed by atoms with van der Waals surface area (Å²) in [5, 5.41) is 12.5. The molecule has 24 heavy (non-hydrogen) atoms. The van der Waals surface area contributed by atoms with Gasteiger partial charge in [-0.2, -0.15) is 13.2 Å². The third kappa shape index (κ3) is 3.65. The van der Waals surface area contributed by atoms with Crippen LogP contribution in [0, 0.1) is 5.41 Å². The second kappa shape index (κ2) is 6.88. The molecule has 1 aromatic carbocycles. The molecule has 1 amide bonds. The molecule has 0 radical (unpaired) electrons. The highest BCUT2D eigenvalue weighted by Gasteiger charge is 2.30. The molecular weight excluding hydrogens is 345 g/mol. The van der Waals surface area contributed by atoms with Crippen molar-refractivity contribution in [3.05, 3.63) is 52.2 Å². The number of benzene rings is 1. The van der Waals surface area contributed by atoms with Gasteiger partial charge in [-0.3, -0.25) is 4.79 Å². The molecule has 0 aliphatic rings. The topological polar surface area (TPSA) is 77.9 Å². The lowest BCUT2D eigenvalue weighted by Crippen LogP contribution is -2.15. The molecule has 9 heteroatoms. The number of carbonyl (C=O) groups is 1. The summed E-state index contributed by atoms with van der Waals surface area (Å²) < 4.78 is 37.5.